The van der Waals surface area contributed by atoms with Gasteiger partial charge in [-0.1, -0.05) is 42.8 Å². The van der Waals surface area contributed by atoms with Crippen molar-refractivity contribution in [2.24, 2.45) is 0 Å². The van der Waals surface area contributed by atoms with Crippen molar-refractivity contribution in [1.82, 2.24) is 25.5 Å². The SMILES string of the molecule is O=C(NC(CCCCCNc1ncc[nH]1)(NS(=O)(=O)c1cccc2ccccc12)C(=O)O)C1CCON1. The van der Waals surface area contributed by atoms with Gasteiger partial charge in [-0.2, -0.15) is 10.2 Å². The molecule has 0 saturated carbocycles. The number of aliphatic carboxylic acids is 1. The first-order valence-electron chi connectivity index (χ1n) is 12.0. The average Bonchev–Trinajstić information content (AvgIpc) is 3.60. The minimum absolute atomic E-state index is 0.0737. The number of hydrogen-bond donors (Lipinski definition) is 6. The number of aromatic amines is 1. The van der Waals surface area contributed by atoms with Gasteiger partial charge in [0.2, 0.25) is 21.6 Å². The summed E-state index contributed by atoms with van der Waals surface area (Å²) in [7, 11) is -4.36. The van der Waals surface area contributed by atoms with Crippen LogP contribution in [0.15, 0.2) is 59.8 Å². The molecule has 2 atom stereocenters. The number of aromatic nitrogens is 2. The van der Waals surface area contributed by atoms with Crippen molar-refractivity contribution < 1.29 is 28.0 Å². The second-order valence-corrected chi connectivity index (χ2v) is 10.4. The van der Waals surface area contributed by atoms with Gasteiger partial charge in [0.05, 0.1) is 11.5 Å². The Morgan fingerprint density at radius 3 is 2.68 bits per heavy atom. The summed E-state index contributed by atoms with van der Waals surface area (Å²) in [4.78, 5) is 37.4. The highest BCUT2D eigenvalue weighted by atomic mass is 32.2. The number of unbranched alkanes of at least 4 members (excludes halogenated alkanes) is 2. The summed E-state index contributed by atoms with van der Waals surface area (Å²) in [6.45, 7) is 0.869. The number of carbonyl (C=O) groups is 2. The number of carboxylic acid groups (broad SMARTS) is 1. The Bertz CT molecular complexity index is 1320. The molecule has 198 valence electrons. The Kier molecular flexibility index (Phi) is 8.38. The maximum atomic E-state index is 13.5. The van der Waals surface area contributed by atoms with Crippen LogP contribution in [0.1, 0.15) is 32.1 Å². The molecule has 0 bridgehead atoms. The van der Waals surface area contributed by atoms with Crippen molar-refractivity contribution in [3.05, 3.63) is 54.9 Å². The first kappa shape index (κ1) is 26.5. The number of fused-ring (bicyclic) bond motifs is 1. The van der Waals surface area contributed by atoms with E-state index in [0.717, 1.165) is 0 Å². The highest BCUT2D eigenvalue weighted by Gasteiger charge is 2.45. The van der Waals surface area contributed by atoms with E-state index < -0.39 is 33.6 Å². The van der Waals surface area contributed by atoms with Crippen molar-refractivity contribution in [3.8, 4) is 0 Å². The number of nitrogens with one attached hydrogen (secondary N) is 5. The number of H-pyrrole nitrogens is 1. The third kappa shape index (κ3) is 6.43. The molecule has 2 heterocycles. The molecule has 0 radical (unpaired) electrons. The molecule has 0 spiro atoms. The number of carbonyl (C=O) groups excluding carboxylic acids is 1. The van der Waals surface area contributed by atoms with Crippen molar-refractivity contribution in [2.45, 2.75) is 48.7 Å². The first-order chi connectivity index (χ1) is 17.8. The fourth-order valence-corrected chi connectivity index (χ4v) is 5.74. The van der Waals surface area contributed by atoms with Crippen LogP contribution in [0, 0.1) is 0 Å². The lowest BCUT2D eigenvalue weighted by molar-refractivity contribution is -0.149. The van der Waals surface area contributed by atoms with Gasteiger partial charge >= 0.3 is 5.97 Å². The molecule has 1 amide bonds. The number of sulfonamides is 1. The van der Waals surface area contributed by atoms with Gasteiger partial charge in [-0.05, 0) is 37.1 Å². The number of amides is 1. The highest BCUT2D eigenvalue weighted by molar-refractivity contribution is 7.89. The molecule has 37 heavy (non-hydrogen) atoms. The van der Waals surface area contributed by atoms with E-state index in [-0.39, 0.29) is 17.9 Å². The van der Waals surface area contributed by atoms with E-state index >= 15 is 0 Å². The zero-order valence-electron chi connectivity index (χ0n) is 20.1. The molecule has 1 aromatic heterocycles. The normalized spacial score (nSPS) is 17.4. The molecular weight excluding hydrogens is 500 g/mol. The van der Waals surface area contributed by atoms with Gasteiger partial charge < -0.3 is 25.6 Å². The molecule has 2 aromatic carbocycles. The number of benzene rings is 2. The number of imidazole rings is 1. The fourth-order valence-electron chi connectivity index (χ4n) is 4.20. The monoisotopic (exact) mass is 530 g/mol. The molecule has 0 aliphatic carbocycles. The van der Waals surface area contributed by atoms with Gasteiger partial charge in [0.15, 0.2) is 5.95 Å². The number of carboxylic acids is 1. The zero-order chi connectivity index (χ0) is 26.3. The van der Waals surface area contributed by atoms with Gasteiger partial charge in [0, 0.05) is 24.3 Å². The predicted octanol–water partition coefficient (Wildman–Crippen LogP) is 1.70. The molecule has 12 nitrogen and oxygen atoms in total. The van der Waals surface area contributed by atoms with E-state index in [0.29, 0.717) is 48.9 Å². The molecule has 1 aliphatic rings. The summed E-state index contributed by atoms with van der Waals surface area (Å²) in [5, 5.41) is 16.9. The summed E-state index contributed by atoms with van der Waals surface area (Å²) in [5.41, 5.74) is 0.276. The van der Waals surface area contributed by atoms with Gasteiger partial charge in [-0.3, -0.25) is 4.79 Å². The molecule has 4 rings (SSSR count). The van der Waals surface area contributed by atoms with E-state index in [9.17, 15) is 23.1 Å². The Hall–Kier alpha value is -3.52. The second-order valence-electron chi connectivity index (χ2n) is 8.77. The van der Waals surface area contributed by atoms with Gasteiger partial charge in [0.25, 0.3) is 0 Å². The van der Waals surface area contributed by atoms with Crippen LogP contribution in [0.4, 0.5) is 5.95 Å². The highest BCUT2D eigenvalue weighted by Crippen LogP contribution is 2.25. The quantitative estimate of drug-likeness (QED) is 0.142. The first-order valence-corrected chi connectivity index (χ1v) is 13.5. The summed E-state index contributed by atoms with van der Waals surface area (Å²) < 4.78 is 29.4. The fraction of sp³-hybridized carbons (Fsp3) is 0.375. The molecule has 13 heteroatoms. The molecule has 2 unspecified atom stereocenters. The smallest absolute Gasteiger partial charge is 0.345 e. The van der Waals surface area contributed by atoms with Crippen molar-refractivity contribution in [2.75, 3.05) is 18.5 Å². The standard InChI is InChI=1S/C24H30N6O6S/c31-21(19-11-16-36-29-19)28-24(22(32)33,12-4-1-5-13-25-23-26-14-15-27-23)30-37(34,35)20-10-6-8-17-7-2-3-9-18(17)20/h2-3,6-10,14-15,19,29-30H,1,4-5,11-13,16H2,(H,28,31)(H,32,33)(H2,25,26,27). The van der Waals surface area contributed by atoms with Crippen LogP contribution in [0.25, 0.3) is 10.8 Å². The Morgan fingerprint density at radius 2 is 1.95 bits per heavy atom. The summed E-state index contributed by atoms with van der Waals surface area (Å²) in [6.07, 6.45) is 5.08. The van der Waals surface area contributed by atoms with Crippen LogP contribution in [0.3, 0.4) is 0 Å². The molecule has 1 saturated heterocycles. The van der Waals surface area contributed by atoms with E-state index in [1.807, 2.05) is 0 Å². The van der Waals surface area contributed by atoms with Crippen molar-refractivity contribution in [3.63, 3.8) is 0 Å². The summed E-state index contributed by atoms with van der Waals surface area (Å²) in [5.74, 6) is -1.54. The third-order valence-corrected chi connectivity index (χ3v) is 7.67. The molecule has 3 aromatic rings. The summed E-state index contributed by atoms with van der Waals surface area (Å²) in [6, 6.07) is 10.9. The van der Waals surface area contributed by atoms with Gasteiger partial charge in [0.1, 0.15) is 6.04 Å². The van der Waals surface area contributed by atoms with E-state index in [1.165, 1.54) is 6.07 Å². The Morgan fingerprint density at radius 1 is 1.14 bits per heavy atom. The number of rotatable bonds is 13. The number of hydrogen-bond acceptors (Lipinski definition) is 8. The predicted molar refractivity (Wildman–Crippen MR) is 136 cm³/mol. The number of nitrogens with zero attached hydrogens (tertiary/aromatic N) is 1. The van der Waals surface area contributed by atoms with Crippen LogP contribution in [0.2, 0.25) is 0 Å². The third-order valence-electron chi connectivity index (χ3n) is 6.12. The molecule has 6 N–H and O–H groups in total. The van der Waals surface area contributed by atoms with Gasteiger partial charge in [-0.25, -0.2) is 18.2 Å². The van der Waals surface area contributed by atoms with E-state index in [1.54, 1.807) is 48.8 Å². The largest absolute Gasteiger partial charge is 0.478 e. The minimum atomic E-state index is -4.36. The maximum Gasteiger partial charge on any atom is 0.345 e. The number of hydroxylamine groups is 1. The topological polar surface area (TPSA) is 175 Å². The molecule has 1 aliphatic heterocycles. The van der Waals surface area contributed by atoms with Crippen molar-refractivity contribution in [1.29, 1.82) is 0 Å². The Balaban J connectivity index is 1.54. The van der Waals surface area contributed by atoms with Crippen LogP contribution < -0.4 is 20.8 Å². The van der Waals surface area contributed by atoms with E-state index in [2.05, 4.69) is 30.8 Å². The van der Waals surface area contributed by atoms with E-state index in [4.69, 9.17) is 4.84 Å². The second kappa shape index (κ2) is 11.7. The minimum Gasteiger partial charge on any atom is -0.478 e. The lowest BCUT2D eigenvalue weighted by Crippen LogP contribution is -2.67. The van der Waals surface area contributed by atoms with Gasteiger partial charge in [-0.15, -0.1) is 0 Å². The Labute approximate surface area is 214 Å². The molecule has 1 fully saturated rings. The maximum absolute atomic E-state index is 13.5. The van der Waals surface area contributed by atoms with Crippen molar-refractivity contribution >= 4 is 38.6 Å². The van der Waals surface area contributed by atoms with Crippen LogP contribution in [-0.2, 0) is 24.4 Å². The summed E-state index contributed by atoms with van der Waals surface area (Å²) >= 11 is 0. The number of anilines is 1. The zero-order valence-corrected chi connectivity index (χ0v) is 20.9. The lowest BCUT2D eigenvalue weighted by atomic mass is 10.0. The molecular formula is C24H30N6O6S. The van der Waals surface area contributed by atoms with Crippen LogP contribution >= 0.6 is 0 Å². The average molecular weight is 531 g/mol. The van der Waals surface area contributed by atoms with Crippen LogP contribution in [0.5, 0.6) is 0 Å². The van der Waals surface area contributed by atoms with Crippen LogP contribution in [-0.4, -0.2) is 60.2 Å². The lowest BCUT2D eigenvalue weighted by Gasteiger charge is -2.32.